The lowest BCUT2D eigenvalue weighted by Gasteiger charge is -2.36. The van der Waals surface area contributed by atoms with E-state index in [4.69, 9.17) is 5.73 Å². The molecule has 112 valence electrons. The van der Waals surface area contributed by atoms with Crippen LogP contribution in [0.1, 0.15) is 30.9 Å². The summed E-state index contributed by atoms with van der Waals surface area (Å²) < 4.78 is 0. The quantitative estimate of drug-likeness (QED) is 0.819. The minimum absolute atomic E-state index is 0.351. The molecular formula is C19H25NO. The number of benzene rings is 2. The Morgan fingerprint density at radius 2 is 1.57 bits per heavy atom. The highest BCUT2D eigenvalue weighted by atomic mass is 16.3. The molecule has 0 spiro atoms. The Hall–Kier alpha value is -1.64. The van der Waals surface area contributed by atoms with Gasteiger partial charge in [0.1, 0.15) is 0 Å². The molecule has 3 N–H and O–H groups in total. The van der Waals surface area contributed by atoms with Crippen molar-refractivity contribution in [3.63, 3.8) is 0 Å². The maximum Gasteiger partial charge on any atom is 0.0620 e. The van der Waals surface area contributed by atoms with Crippen LogP contribution in [0.15, 0.2) is 60.7 Å². The summed E-state index contributed by atoms with van der Waals surface area (Å²) in [5.41, 5.74) is 8.18. The molecule has 0 aliphatic rings. The van der Waals surface area contributed by atoms with Crippen molar-refractivity contribution in [3.8, 4) is 0 Å². The molecule has 2 unspecified atom stereocenters. The molecule has 21 heavy (non-hydrogen) atoms. The fraction of sp³-hybridized carbons (Fsp3) is 0.368. The second kappa shape index (κ2) is 7.39. The Balaban J connectivity index is 2.10. The first-order chi connectivity index (χ1) is 10.2. The summed E-state index contributed by atoms with van der Waals surface area (Å²) in [4.78, 5) is 0. The third-order valence-electron chi connectivity index (χ3n) is 4.44. The van der Waals surface area contributed by atoms with Gasteiger partial charge in [0.15, 0.2) is 0 Å². The number of aliphatic hydroxyl groups is 1. The highest BCUT2D eigenvalue weighted by Gasteiger charge is 2.35. The number of aliphatic hydroxyl groups excluding tert-OH is 1. The normalized spacial score (nSPS) is 15.4. The van der Waals surface area contributed by atoms with E-state index in [0.717, 1.165) is 24.8 Å². The molecule has 0 heterocycles. The van der Waals surface area contributed by atoms with Crippen LogP contribution in [-0.2, 0) is 11.8 Å². The van der Waals surface area contributed by atoms with Gasteiger partial charge in [-0.05, 0) is 37.3 Å². The first kappa shape index (κ1) is 15.7. The minimum atomic E-state index is -0.458. The predicted octanol–water partition coefficient (Wildman–Crippen LogP) is 3.29. The number of hydrogen-bond donors (Lipinski definition) is 2. The average Bonchev–Trinajstić information content (AvgIpc) is 2.53. The Labute approximate surface area is 127 Å². The van der Waals surface area contributed by atoms with Gasteiger partial charge in [-0.3, -0.25) is 0 Å². The fourth-order valence-corrected chi connectivity index (χ4v) is 3.01. The Bertz CT molecular complexity index is 524. The molecule has 0 fully saturated rings. The van der Waals surface area contributed by atoms with Crippen LogP contribution in [0.3, 0.4) is 0 Å². The van der Waals surface area contributed by atoms with Gasteiger partial charge in [0.05, 0.1) is 6.10 Å². The summed E-state index contributed by atoms with van der Waals surface area (Å²) in [6.45, 7) is 2.31. The molecule has 2 rings (SSSR count). The molecule has 0 bridgehead atoms. The first-order valence-corrected chi connectivity index (χ1v) is 7.66. The summed E-state index contributed by atoms with van der Waals surface area (Å²) in [6.07, 6.45) is 2.46. The summed E-state index contributed by atoms with van der Waals surface area (Å²) in [6, 6.07) is 20.6. The second-order valence-corrected chi connectivity index (χ2v) is 5.74. The Kier molecular flexibility index (Phi) is 5.54. The van der Waals surface area contributed by atoms with Gasteiger partial charge in [0, 0.05) is 12.0 Å². The van der Waals surface area contributed by atoms with E-state index in [2.05, 4.69) is 36.4 Å². The van der Waals surface area contributed by atoms with Crippen LogP contribution in [0.5, 0.6) is 0 Å². The highest BCUT2D eigenvalue weighted by Crippen LogP contribution is 2.32. The van der Waals surface area contributed by atoms with E-state index in [1.807, 2.05) is 31.2 Å². The third-order valence-corrected chi connectivity index (χ3v) is 4.44. The molecule has 2 nitrogen and oxygen atoms in total. The maximum absolute atomic E-state index is 10.3. The van der Waals surface area contributed by atoms with Crippen molar-refractivity contribution in [1.82, 2.24) is 0 Å². The van der Waals surface area contributed by atoms with Crippen LogP contribution >= 0.6 is 0 Å². The number of nitrogens with two attached hydrogens (primary N) is 1. The van der Waals surface area contributed by atoms with Crippen molar-refractivity contribution in [1.29, 1.82) is 0 Å². The molecule has 2 atom stereocenters. The number of hydrogen-bond acceptors (Lipinski definition) is 2. The second-order valence-electron chi connectivity index (χ2n) is 5.74. The predicted molar refractivity (Wildman–Crippen MR) is 88.2 cm³/mol. The zero-order valence-corrected chi connectivity index (χ0v) is 12.7. The zero-order valence-electron chi connectivity index (χ0n) is 12.7. The van der Waals surface area contributed by atoms with Gasteiger partial charge < -0.3 is 10.8 Å². The lowest BCUT2D eigenvalue weighted by molar-refractivity contribution is 0.0928. The molecule has 0 amide bonds. The van der Waals surface area contributed by atoms with Crippen LogP contribution in [0, 0.1) is 0 Å². The van der Waals surface area contributed by atoms with Gasteiger partial charge in [-0.15, -0.1) is 0 Å². The largest absolute Gasteiger partial charge is 0.392 e. The van der Waals surface area contributed by atoms with Crippen molar-refractivity contribution >= 4 is 0 Å². The summed E-state index contributed by atoms with van der Waals surface area (Å²) in [5, 5.41) is 10.3. The van der Waals surface area contributed by atoms with Gasteiger partial charge in [-0.2, -0.15) is 0 Å². The SMILES string of the molecule is CC(O)C(CN)(CCCc1ccccc1)c1ccccc1. The molecule has 0 aliphatic carbocycles. The van der Waals surface area contributed by atoms with Gasteiger partial charge in [0.2, 0.25) is 0 Å². The summed E-state index contributed by atoms with van der Waals surface area (Å²) in [5.74, 6) is 0. The lowest BCUT2D eigenvalue weighted by atomic mass is 9.72. The fourth-order valence-electron chi connectivity index (χ4n) is 3.01. The smallest absolute Gasteiger partial charge is 0.0620 e. The van der Waals surface area contributed by atoms with Gasteiger partial charge >= 0.3 is 0 Å². The van der Waals surface area contributed by atoms with Crippen molar-refractivity contribution < 1.29 is 5.11 Å². The van der Waals surface area contributed by atoms with E-state index >= 15 is 0 Å². The molecule has 0 saturated carbocycles. The van der Waals surface area contributed by atoms with Crippen LogP contribution in [0.2, 0.25) is 0 Å². The molecule has 0 aromatic heterocycles. The van der Waals surface area contributed by atoms with E-state index in [9.17, 15) is 5.11 Å². The molecule has 2 heteroatoms. The first-order valence-electron chi connectivity index (χ1n) is 7.66. The van der Waals surface area contributed by atoms with Crippen molar-refractivity contribution in [3.05, 3.63) is 71.8 Å². The average molecular weight is 283 g/mol. The van der Waals surface area contributed by atoms with Gasteiger partial charge in [0.25, 0.3) is 0 Å². The van der Waals surface area contributed by atoms with Crippen LogP contribution in [0.25, 0.3) is 0 Å². The van der Waals surface area contributed by atoms with Crippen molar-refractivity contribution in [2.45, 2.75) is 37.7 Å². The zero-order chi connectivity index (χ0) is 15.1. The van der Waals surface area contributed by atoms with Gasteiger partial charge in [-0.1, -0.05) is 60.7 Å². The number of aryl methyl sites for hydroxylation is 1. The molecule has 0 aliphatic heterocycles. The van der Waals surface area contributed by atoms with E-state index in [1.165, 1.54) is 5.56 Å². The summed E-state index contributed by atoms with van der Waals surface area (Å²) in [7, 11) is 0. The maximum atomic E-state index is 10.3. The van der Waals surface area contributed by atoms with Crippen LogP contribution in [-0.4, -0.2) is 17.8 Å². The molecule has 0 saturated heterocycles. The molecule has 0 radical (unpaired) electrons. The summed E-state index contributed by atoms with van der Waals surface area (Å²) >= 11 is 0. The highest BCUT2D eigenvalue weighted by molar-refractivity contribution is 5.27. The van der Waals surface area contributed by atoms with Crippen LogP contribution < -0.4 is 5.73 Å². The van der Waals surface area contributed by atoms with E-state index in [-0.39, 0.29) is 5.41 Å². The molecular weight excluding hydrogens is 258 g/mol. The van der Waals surface area contributed by atoms with E-state index in [1.54, 1.807) is 0 Å². The lowest BCUT2D eigenvalue weighted by Crippen LogP contribution is -2.44. The standard InChI is InChI=1S/C19H25NO/c1-16(21)19(15-20,18-12-6-3-7-13-18)14-8-11-17-9-4-2-5-10-17/h2-7,9-10,12-13,16,21H,8,11,14-15,20H2,1H3. The third kappa shape index (κ3) is 3.72. The number of rotatable bonds is 7. The van der Waals surface area contributed by atoms with Crippen molar-refractivity contribution in [2.75, 3.05) is 6.54 Å². The van der Waals surface area contributed by atoms with E-state index < -0.39 is 6.10 Å². The Morgan fingerprint density at radius 3 is 2.10 bits per heavy atom. The molecule has 2 aromatic carbocycles. The topological polar surface area (TPSA) is 46.2 Å². The van der Waals surface area contributed by atoms with Crippen LogP contribution in [0.4, 0.5) is 0 Å². The van der Waals surface area contributed by atoms with Gasteiger partial charge in [-0.25, -0.2) is 0 Å². The monoisotopic (exact) mass is 283 g/mol. The minimum Gasteiger partial charge on any atom is -0.392 e. The Morgan fingerprint density at radius 1 is 1.00 bits per heavy atom. The molecule has 2 aromatic rings. The van der Waals surface area contributed by atoms with E-state index in [0.29, 0.717) is 6.54 Å². The van der Waals surface area contributed by atoms with Crippen molar-refractivity contribution in [2.24, 2.45) is 5.73 Å².